The highest BCUT2D eigenvalue weighted by Gasteiger charge is 2.19. The van der Waals surface area contributed by atoms with Crippen LogP contribution in [0.15, 0.2) is 109 Å². The fourth-order valence-electron chi connectivity index (χ4n) is 9.63. The maximum atomic E-state index is 12.9. The molecule has 0 bridgehead atoms. The maximum absolute atomic E-state index is 12.9. The van der Waals surface area contributed by atoms with Crippen molar-refractivity contribution in [3.63, 3.8) is 0 Å². The van der Waals surface area contributed by atoms with Crippen LogP contribution in [0.1, 0.15) is 329 Å². The number of esters is 3. The molecule has 0 spiro atoms. The summed E-state index contributed by atoms with van der Waals surface area (Å²) in [5.41, 5.74) is 0. The van der Waals surface area contributed by atoms with Gasteiger partial charge in [0.1, 0.15) is 13.2 Å². The zero-order chi connectivity index (χ0) is 58.5. The minimum atomic E-state index is -0.780. The summed E-state index contributed by atoms with van der Waals surface area (Å²) >= 11 is 0. The molecular weight excluding hydrogens is 997 g/mol. The van der Waals surface area contributed by atoms with Crippen molar-refractivity contribution >= 4 is 17.9 Å². The van der Waals surface area contributed by atoms with Crippen LogP contribution in [0.5, 0.6) is 0 Å². The number of ether oxygens (including phenoxy) is 3. The largest absolute Gasteiger partial charge is 0.462 e. The molecule has 0 aromatic rings. The van der Waals surface area contributed by atoms with Gasteiger partial charge in [0.25, 0.3) is 0 Å². The third-order valence-corrected chi connectivity index (χ3v) is 14.8. The normalized spacial score (nSPS) is 12.8. The van der Waals surface area contributed by atoms with Crippen molar-refractivity contribution in [2.24, 2.45) is 0 Å². The van der Waals surface area contributed by atoms with Crippen LogP contribution in [-0.4, -0.2) is 37.2 Å². The van der Waals surface area contributed by atoms with E-state index in [1.54, 1.807) is 0 Å². The molecule has 0 aliphatic rings. The van der Waals surface area contributed by atoms with Gasteiger partial charge < -0.3 is 14.2 Å². The summed E-state index contributed by atoms with van der Waals surface area (Å²) in [6, 6.07) is 0. The Balaban J connectivity index is 4.11. The molecule has 0 amide bonds. The van der Waals surface area contributed by atoms with Crippen molar-refractivity contribution in [3.8, 4) is 0 Å². The van der Waals surface area contributed by atoms with Crippen LogP contribution < -0.4 is 0 Å². The van der Waals surface area contributed by atoms with Crippen molar-refractivity contribution in [1.29, 1.82) is 0 Å². The van der Waals surface area contributed by atoms with Gasteiger partial charge in [-0.2, -0.15) is 0 Å². The van der Waals surface area contributed by atoms with Crippen molar-refractivity contribution < 1.29 is 28.6 Å². The van der Waals surface area contributed by atoms with Crippen molar-refractivity contribution in [3.05, 3.63) is 109 Å². The van der Waals surface area contributed by atoms with Gasteiger partial charge in [-0.1, -0.05) is 310 Å². The van der Waals surface area contributed by atoms with E-state index in [0.29, 0.717) is 19.3 Å². The second-order valence-electron chi connectivity index (χ2n) is 22.7. The van der Waals surface area contributed by atoms with E-state index in [4.69, 9.17) is 14.2 Å². The monoisotopic (exact) mass is 1120 g/mol. The summed E-state index contributed by atoms with van der Waals surface area (Å²) in [6.07, 6.45) is 94.2. The summed E-state index contributed by atoms with van der Waals surface area (Å²) in [5.74, 6) is -0.881. The Hall–Kier alpha value is -3.93. The van der Waals surface area contributed by atoms with Crippen LogP contribution in [0.25, 0.3) is 0 Å². The van der Waals surface area contributed by atoms with Gasteiger partial charge in [-0.3, -0.25) is 14.4 Å². The lowest BCUT2D eigenvalue weighted by atomic mass is 10.0. The van der Waals surface area contributed by atoms with E-state index in [1.165, 1.54) is 180 Å². The molecule has 0 aromatic heterocycles. The first-order valence-corrected chi connectivity index (χ1v) is 34.4. The van der Waals surface area contributed by atoms with E-state index in [2.05, 4.69) is 130 Å². The Morgan fingerprint density at radius 3 is 0.753 bits per heavy atom. The zero-order valence-corrected chi connectivity index (χ0v) is 53.3. The molecule has 0 saturated carbocycles. The van der Waals surface area contributed by atoms with E-state index in [-0.39, 0.29) is 31.1 Å². The van der Waals surface area contributed by atoms with Gasteiger partial charge in [0.05, 0.1) is 0 Å². The van der Waals surface area contributed by atoms with E-state index in [9.17, 15) is 14.4 Å². The van der Waals surface area contributed by atoms with Gasteiger partial charge >= 0.3 is 17.9 Å². The van der Waals surface area contributed by atoms with E-state index in [1.807, 2.05) is 0 Å². The molecule has 1 atom stereocenters. The van der Waals surface area contributed by atoms with Gasteiger partial charge in [0.15, 0.2) is 6.10 Å². The lowest BCUT2D eigenvalue weighted by Crippen LogP contribution is -2.30. The second kappa shape index (κ2) is 68.6. The van der Waals surface area contributed by atoms with E-state index in [0.717, 1.165) is 109 Å². The molecule has 0 fully saturated rings. The Morgan fingerprint density at radius 2 is 0.481 bits per heavy atom. The molecule has 0 rings (SSSR count). The maximum Gasteiger partial charge on any atom is 0.306 e. The zero-order valence-electron chi connectivity index (χ0n) is 53.3. The molecule has 464 valence electrons. The highest BCUT2D eigenvalue weighted by Crippen LogP contribution is 2.17. The first kappa shape index (κ1) is 77.1. The average Bonchev–Trinajstić information content (AvgIpc) is 3.46. The summed E-state index contributed by atoms with van der Waals surface area (Å²) in [7, 11) is 0. The number of unbranched alkanes of at least 4 members (excludes halogenated alkanes) is 33. The van der Waals surface area contributed by atoms with Gasteiger partial charge in [0, 0.05) is 19.3 Å². The van der Waals surface area contributed by atoms with Crippen LogP contribution >= 0.6 is 0 Å². The van der Waals surface area contributed by atoms with Gasteiger partial charge in [-0.15, -0.1) is 0 Å². The van der Waals surface area contributed by atoms with Gasteiger partial charge in [-0.25, -0.2) is 0 Å². The predicted molar refractivity (Wildman–Crippen MR) is 353 cm³/mol. The minimum Gasteiger partial charge on any atom is -0.462 e. The minimum absolute atomic E-state index is 0.0780. The number of hydrogen-bond donors (Lipinski definition) is 0. The molecule has 6 nitrogen and oxygen atoms in total. The van der Waals surface area contributed by atoms with E-state index >= 15 is 0 Å². The predicted octanol–water partition coefficient (Wildman–Crippen LogP) is 23.8. The highest BCUT2D eigenvalue weighted by atomic mass is 16.6. The molecule has 0 aromatic carbocycles. The Kier molecular flexibility index (Phi) is 65.2. The highest BCUT2D eigenvalue weighted by molar-refractivity contribution is 5.71. The summed E-state index contributed by atoms with van der Waals surface area (Å²) in [4.78, 5) is 38.2. The number of carbonyl (C=O) groups excluding carboxylic acids is 3. The Labute approximate surface area is 501 Å². The number of hydrogen-bond acceptors (Lipinski definition) is 6. The fourth-order valence-corrected chi connectivity index (χ4v) is 9.63. The number of allylic oxidation sites excluding steroid dienone is 18. The Morgan fingerprint density at radius 1 is 0.259 bits per heavy atom. The summed E-state index contributed by atoms with van der Waals surface area (Å²) in [6.45, 7) is 6.49. The van der Waals surface area contributed by atoms with Crippen LogP contribution in [0.3, 0.4) is 0 Å². The van der Waals surface area contributed by atoms with Crippen LogP contribution in [0, 0.1) is 0 Å². The second-order valence-corrected chi connectivity index (χ2v) is 22.7. The van der Waals surface area contributed by atoms with Gasteiger partial charge in [0.2, 0.25) is 0 Å². The molecule has 0 saturated heterocycles. The molecule has 81 heavy (non-hydrogen) atoms. The molecule has 0 N–H and O–H groups in total. The lowest BCUT2D eigenvalue weighted by Gasteiger charge is -2.18. The van der Waals surface area contributed by atoms with Crippen LogP contribution in [0.4, 0.5) is 0 Å². The summed E-state index contributed by atoms with van der Waals surface area (Å²) < 4.78 is 16.9. The average molecular weight is 1130 g/mol. The quantitative estimate of drug-likeness (QED) is 0.0261. The molecule has 0 radical (unpaired) electrons. The molecular formula is C75H128O6. The SMILES string of the molecule is CC/C=C\C/C=C\C/C=C\C/C=C\C/C=C\C/C=C\CCCCCCCCCCCCCCC(=O)OCC(COC(=O)CCCCCCCCC)OC(=O)CCCCCCCCCCCC/C=C\C/C=C\C/C=C\CCCCCCC. The molecule has 6 heteroatoms. The lowest BCUT2D eigenvalue weighted by molar-refractivity contribution is -0.167. The molecule has 0 heterocycles. The van der Waals surface area contributed by atoms with Crippen molar-refractivity contribution in [2.75, 3.05) is 13.2 Å². The molecule has 0 aliphatic carbocycles. The molecule has 1 unspecified atom stereocenters. The fraction of sp³-hybridized carbons (Fsp3) is 0.720. The third-order valence-electron chi connectivity index (χ3n) is 14.8. The van der Waals surface area contributed by atoms with Crippen molar-refractivity contribution in [1.82, 2.24) is 0 Å². The third kappa shape index (κ3) is 66.8. The first-order chi connectivity index (χ1) is 40.0. The first-order valence-electron chi connectivity index (χ1n) is 34.4. The Bertz CT molecular complexity index is 1620. The summed E-state index contributed by atoms with van der Waals surface area (Å²) in [5, 5.41) is 0. The van der Waals surface area contributed by atoms with Crippen molar-refractivity contribution in [2.45, 2.75) is 335 Å². The smallest absolute Gasteiger partial charge is 0.306 e. The number of rotatable bonds is 62. The van der Waals surface area contributed by atoms with Gasteiger partial charge in [-0.05, 0) is 109 Å². The standard InChI is InChI=1S/C75H128O6/c1-4-7-10-13-16-18-20-22-24-26-28-30-32-34-35-36-37-38-39-41-42-44-46-48-50-52-54-56-59-62-65-68-74(77)80-71-72(70-79-73(76)67-64-61-58-15-12-9-6-3)81-75(78)69-66-63-60-57-55-53-51-49-47-45-43-40-33-31-29-27-25-23-21-19-17-14-11-8-5-2/h7,10,16,18,21-24,27-30,33-35,37-38,40,72H,4-6,8-9,11-15,17,19-20,25-26,31-32,36,39,41-71H2,1-3H3/b10-7-,18-16-,23-21-,24-22-,29-27-,30-28-,35-34-,38-37-,40-33-. The topological polar surface area (TPSA) is 78.9 Å². The van der Waals surface area contributed by atoms with Crippen LogP contribution in [0.2, 0.25) is 0 Å². The van der Waals surface area contributed by atoms with Crippen LogP contribution in [-0.2, 0) is 28.6 Å². The number of carbonyl (C=O) groups is 3. The molecule has 0 aliphatic heterocycles. The van der Waals surface area contributed by atoms with E-state index < -0.39 is 6.10 Å².